The first-order chi connectivity index (χ1) is 9.59. The molecular weight excluding hydrogens is 268 g/mol. The maximum Gasteiger partial charge on any atom is 0.0833 e. The Hall–Kier alpha value is -0.550. The molecule has 3 nitrogen and oxygen atoms in total. The summed E-state index contributed by atoms with van der Waals surface area (Å²) in [6, 6.07) is 11.1. The van der Waals surface area contributed by atoms with Crippen LogP contribution in [0.4, 0.5) is 0 Å². The van der Waals surface area contributed by atoms with Crippen LogP contribution in [0.5, 0.6) is 0 Å². The third kappa shape index (κ3) is 5.09. The first-order valence-electron chi connectivity index (χ1n) is 7.30. The van der Waals surface area contributed by atoms with Crippen LogP contribution in [0, 0.1) is 0 Å². The Morgan fingerprint density at radius 2 is 2.15 bits per heavy atom. The van der Waals surface area contributed by atoms with Crippen molar-refractivity contribution in [1.82, 2.24) is 10.2 Å². The Kier molecular flexibility index (Phi) is 5.90. The molecule has 112 valence electrons. The number of nitrogens with one attached hydrogen (secondary N) is 1. The summed E-state index contributed by atoms with van der Waals surface area (Å²) in [5.41, 5.74) is 0.772. The van der Waals surface area contributed by atoms with E-state index in [1.807, 2.05) is 13.2 Å². The standard InChI is InChI=1S/C16H26N2OS/c1-16(19,13-20-2)12-17-15-8-9-18(11-15)10-14-6-4-3-5-7-14/h3-7,15,17,19H,8-13H2,1-2H3. The number of hydrogen-bond donors (Lipinski definition) is 2. The highest BCUT2D eigenvalue weighted by Crippen LogP contribution is 2.15. The van der Waals surface area contributed by atoms with E-state index in [1.54, 1.807) is 11.8 Å². The first kappa shape index (κ1) is 15.8. The van der Waals surface area contributed by atoms with Gasteiger partial charge in [0, 0.05) is 38.0 Å². The lowest BCUT2D eigenvalue weighted by Gasteiger charge is -2.25. The van der Waals surface area contributed by atoms with Gasteiger partial charge in [0.2, 0.25) is 0 Å². The van der Waals surface area contributed by atoms with Crippen molar-refractivity contribution in [3.8, 4) is 0 Å². The summed E-state index contributed by atoms with van der Waals surface area (Å²) in [6.07, 6.45) is 3.20. The molecule has 1 aromatic carbocycles. The highest BCUT2D eigenvalue weighted by Gasteiger charge is 2.25. The number of rotatable bonds is 7. The molecule has 1 aromatic rings. The molecule has 20 heavy (non-hydrogen) atoms. The van der Waals surface area contributed by atoms with E-state index >= 15 is 0 Å². The van der Waals surface area contributed by atoms with Gasteiger partial charge in [0.05, 0.1) is 5.60 Å². The fraction of sp³-hybridized carbons (Fsp3) is 0.625. The molecule has 4 heteroatoms. The molecule has 0 amide bonds. The summed E-state index contributed by atoms with van der Waals surface area (Å²) < 4.78 is 0. The van der Waals surface area contributed by atoms with Crippen LogP contribution in [0.25, 0.3) is 0 Å². The molecule has 2 unspecified atom stereocenters. The third-order valence-electron chi connectivity index (χ3n) is 3.75. The van der Waals surface area contributed by atoms with E-state index in [0.29, 0.717) is 12.6 Å². The van der Waals surface area contributed by atoms with E-state index in [0.717, 1.165) is 25.4 Å². The number of likely N-dealkylation sites (tertiary alicyclic amines) is 1. The highest BCUT2D eigenvalue weighted by atomic mass is 32.2. The lowest BCUT2D eigenvalue weighted by atomic mass is 10.1. The number of benzene rings is 1. The van der Waals surface area contributed by atoms with Crippen molar-refractivity contribution in [2.45, 2.75) is 31.5 Å². The molecule has 2 N–H and O–H groups in total. The quantitative estimate of drug-likeness (QED) is 0.806. The van der Waals surface area contributed by atoms with Gasteiger partial charge in [0.25, 0.3) is 0 Å². The molecular formula is C16H26N2OS. The largest absolute Gasteiger partial charge is 0.388 e. The molecule has 2 atom stereocenters. The fourth-order valence-electron chi connectivity index (χ4n) is 2.71. The Morgan fingerprint density at radius 1 is 1.40 bits per heavy atom. The Balaban J connectivity index is 1.73. The average Bonchev–Trinajstić information content (AvgIpc) is 2.85. The lowest BCUT2D eigenvalue weighted by Crippen LogP contribution is -2.45. The van der Waals surface area contributed by atoms with Crippen molar-refractivity contribution in [3.05, 3.63) is 35.9 Å². The highest BCUT2D eigenvalue weighted by molar-refractivity contribution is 7.98. The van der Waals surface area contributed by atoms with Crippen molar-refractivity contribution >= 4 is 11.8 Å². The molecule has 1 heterocycles. The molecule has 0 bridgehead atoms. The van der Waals surface area contributed by atoms with Crippen LogP contribution in [-0.2, 0) is 6.54 Å². The van der Waals surface area contributed by atoms with E-state index < -0.39 is 5.60 Å². The predicted octanol–water partition coefficient (Wildman–Crippen LogP) is 1.96. The molecule has 1 aliphatic rings. The van der Waals surface area contributed by atoms with Gasteiger partial charge in [-0.05, 0) is 25.2 Å². The molecule has 1 saturated heterocycles. The first-order valence-corrected chi connectivity index (χ1v) is 8.69. The normalized spacial score (nSPS) is 22.9. The van der Waals surface area contributed by atoms with Crippen molar-refractivity contribution in [3.63, 3.8) is 0 Å². The Morgan fingerprint density at radius 3 is 2.85 bits per heavy atom. The smallest absolute Gasteiger partial charge is 0.0833 e. The van der Waals surface area contributed by atoms with Gasteiger partial charge in [-0.15, -0.1) is 0 Å². The van der Waals surface area contributed by atoms with Crippen molar-refractivity contribution in [2.24, 2.45) is 0 Å². The van der Waals surface area contributed by atoms with Crippen molar-refractivity contribution in [2.75, 3.05) is 31.6 Å². The number of thioether (sulfide) groups is 1. The molecule has 2 rings (SSSR count). The SMILES string of the molecule is CSCC(C)(O)CNC1CCN(Cc2ccccc2)C1. The summed E-state index contributed by atoms with van der Waals surface area (Å²) in [5.74, 6) is 0.778. The second kappa shape index (κ2) is 7.46. The van der Waals surface area contributed by atoms with Gasteiger partial charge in [-0.3, -0.25) is 4.90 Å². The van der Waals surface area contributed by atoms with Crippen LogP contribution in [-0.4, -0.2) is 53.3 Å². The summed E-state index contributed by atoms with van der Waals surface area (Å²) in [7, 11) is 0. The lowest BCUT2D eigenvalue weighted by molar-refractivity contribution is 0.0816. The van der Waals surface area contributed by atoms with E-state index in [2.05, 4.69) is 40.5 Å². The molecule has 0 aromatic heterocycles. The predicted molar refractivity (Wildman–Crippen MR) is 87.1 cm³/mol. The zero-order valence-electron chi connectivity index (χ0n) is 12.5. The van der Waals surface area contributed by atoms with E-state index in [1.165, 1.54) is 12.0 Å². The minimum atomic E-state index is -0.605. The van der Waals surface area contributed by atoms with Crippen molar-refractivity contribution in [1.29, 1.82) is 0 Å². The van der Waals surface area contributed by atoms with E-state index in [-0.39, 0.29) is 0 Å². The number of hydrogen-bond acceptors (Lipinski definition) is 4. The van der Waals surface area contributed by atoms with Gasteiger partial charge in [-0.25, -0.2) is 0 Å². The Labute approximate surface area is 126 Å². The monoisotopic (exact) mass is 294 g/mol. The maximum atomic E-state index is 10.2. The van der Waals surface area contributed by atoms with E-state index in [9.17, 15) is 5.11 Å². The van der Waals surface area contributed by atoms with Gasteiger partial charge in [0.15, 0.2) is 0 Å². The average molecular weight is 294 g/mol. The summed E-state index contributed by atoms with van der Waals surface area (Å²) in [6.45, 7) is 5.83. The molecule has 1 aliphatic heterocycles. The van der Waals surface area contributed by atoms with Crippen LogP contribution >= 0.6 is 11.8 Å². The molecule has 0 spiro atoms. The zero-order chi connectivity index (χ0) is 14.4. The minimum absolute atomic E-state index is 0.507. The summed E-state index contributed by atoms with van der Waals surface area (Å²) in [4.78, 5) is 2.48. The van der Waals surface area contributed by atoms with Crippen LogP contribution in [0.1, 0.15) is 18.9 Å². The van der Waals surface area contributed by atoms with Crippen LogP contribution in [0.15, 0.2) is 30.3 Å². The zero-order valence-corrected chi connectivity index (χ0v) is 13.3. The topological polar surface area (TPSA) is 35.5 Å². The Bertz CT molecular complexity index is 397. The maximum absolute atomic E-state index is 10.2. The van der Waals surface area contributed by atoms with E-state index in [4.69, 9.17) is 0 Å². The fourth-order valence-corrected chi connectivity index (χ4v) is 3.43. The molecule has 1 fully saturated rings. The number of nitrogens with zero attached hydrogens (tertiary/aromatic N) is 1. The summed E-state index contributed by atoms with van der Waals surface area (Å²) >= 11 is 1.69. The minimum Gasteiger partial charge on any atom is -0.388 e. The van der Waals surface area contributed by atoms with Crippen LogP contribution < -0.4 is 5.32 Å². The van der Waals surface area contributed by atoms with Gasteiger partial charge in [-0.1, -0.05) is 30.3 Å². The summed E-state index contributed by atoms with van der Waals surface area (Å²) in [5, 5.41) is 13.7. The molecule has 0 saturated carbocycles. The van der Waals surface area contributed by atoms with Crippen LogP contribution in [0.2, 0.25) is 0 Å². The van der Waals surface area contributed by atoms with Gasteiger partial charge in [-0.2, -0.15) is 11.8 Å². The molecule has 0 radical (unpaired) electrons. The van der Waals surface area contributed by atoms with Crippen molar-refractivity contribution < 1.29 is 5.11 Å². The van der Waals surface area contributed by atoms with Gasteiger partial charge in [0.1, 0.15) is 0 Å². The number of aliphatic hydroxyl groups is 1. The second-order valence-corrected chi connectivity index (χ2v) is 6.88. The van der Waals surface area contributed by atoms with Gasteiger partial charge >= 0.3 is 0 Å². The third-order valence-corrected chi connectivity index (χ3v) is 4.66. The second-order valence-electron chi connectivity index (χ2n) is 6.02. The van der Waals surface area contributed by atoms with Gasteiger partial charge < -0.3 is 10.4 Å². The molecule has 0 aliphatic carbocycles. The van der Waals surface area contributed by atoms with Crippen LogP contribution in [0.3, 0.4) is 0 Å².